The summed E-state index contributed by atoms with van der Waals surface area (Å²) in [6.07, 6.45) is 0.481. The molecule has 5 nitrogen and oxygen atoms in total. The number of carboxylic acids is 1. The van der Waals surface area contributed by atoms with Crippen molar-refractivity contribution in [3.05, 3.63) is 0 Å². The van der Waals surface area contributed by atoms with Gasteiger partial charge < -0.3 is 15.2 Å². The van der Waals surface area contributed by atoms with Crippen molar-refractivity contribution in [2.24, 2.45) is 0 Å². The highest BCUT2D eigenvalue weighted by atomic mass is 32.2. The highest BCUT2D eigenvalue weighted by Gasteiger charge is 2.39. The summed E-state index contributed by atoms with van der Waals surface area (Å²) in [5, 5.41) is 11.8. The number of carboxylic acid groups (broad SMARTS) is 1. The molecule has 0 bridgehead atoms. The maximum Gasteiger partial charge on any atom is 0.306 e. The van der Waals surface area contributed by atoms with Crippen molar-refractivity contribution in [3.63, 3.8) is 0 Å². The average Bonchev–Trinajstić information content (AvgIpc) is 2.12. The minimum atomic E-state index is -0.790. The number of hydrogen-bond acceptors (Lipinski definition) is 5. The van der Waals surface area contributed by atoms with Gasteiger partial charge in [0, 0.05) is 18.8 Å². The molecule has 0 spiro atoms. The Kier molecular flexibility index (Phi) is 4.41. The smallest absolute Gasteiger partial charge is 0.306 e. The standard InChI is InChI=1S/C9H15NO4S/c1-14-8(13)2-3-15-9(4-7(11)12)5-10-6-9/h10H,2-6H2,1H3,(H,11,12). The normalized spacial score (nSPS) is 17.9. The fourth-order valence-electron chi connectivity index (χ4n) is 1.41. The van der Waals surface area contributed by atoms with Crippen molar-refractivity contribution < 1.29 is 19.4 Å². The van der Waals surface area contributed by atoms with Crippen molar-refractivity contribution >= 4 is 23.7 Å². The van der Waals surface area contributed by atoms with E-state index in [9.17, 15) is 9.59 Å². The second kappa shape index (κ2) is 5.37. The molecule has 1 fully saturated rings. The Balaban J connectivity index is 2.27. The van der Waals surface area contributed by atoms with E-state index in [-0.39, 0.29) is 17.1 Å². The molecule has 0 unspecified atom stereocenters. The monoisotopic (exact) mass is 233 g/mol. The van der Waals surface area contributed by atoms with Crippen molar-refractivity contribution in [3.8, 4) is 0 Å². The van der Waals surface area contributed by atoms with Crippen molar-refractivity contribution in [2.75, 3.05) is 26.0 Å². The number of carbonyl (C=O) groups is 2. The van der Waals surface area contributed by atoms with Crippen molar-refractivity contribution in [1.82, 2.24) is 5.32 Å². The van der Waals surface area contributed by atoms with Crippen LogP contribution in [0.5, 0.6) is 0 Å². The summed E-state index contributed by atoms with van der Waals surface area (Å²) in [6.45, 7) is 1.40. The first-order chi connectivity index (χ1) is 7.08. The van der Waals surface area contributed by atoms with Gasteiger partial charge in [-0.2, -0.15) is 11.8 Å². The van der Waals surface area contributed by atoms with E-state index in [1.165, 1.54) is 18.9 Å². The first-order valence-electron chi connectivity index (χ1n) is 4.71. The highest BCUT2D eigenvalue weighted by molar-refractivity contribution is 8.00. The summed E-state index contributed by atoms with van der Waals surface area (Å²) < 4.78 is 4.29. The van der Waals surface area contributed by atoms with Crippen LogP contribution in [0.15, 0.2) is 0 Å². The number of carbonyl (C=O) groups excluding carboxylic acids is 1. The lowest BCUT2D eigenvalue weighted by molar-refractivity contribution is -0.140. The Labute approximate surface area is 92.6 Å². The Morgan fingerprint density at radius 3 is 2.60 bits per heavy atom. The molecule has 0 aromatic carbocycles. The van der Waals surface area contributed by atoms with E-state index in [0.29, 0.717) is 25.3 Å². The molecule has 1 rings (SSSR count). The van der Waals surface area contributed by atoms with Crippen LogP contribution in [-0.4, -0.2) is 47.7 Å². The Morgan fingerprint density at radius 1 is 1.53 bits per heavy atom. The van der Waals surface area contributed by atoms with E-state index < -0.39 is 5.97 Å². The van der Waals surface area contributed by atoms with Gasteiger partial charge >= 0.3 is 11.9 Å². The predicted octanol–water partition coefficient (Wildman–Crippen LogP) is 0.0994. The van der Waals surface area contributed by atoms with E-state index in [4.69, 9.17) is 5.11 Å². The van der Waals surface area contributed by atoms with Crippen molar-refractivity contribution in [2.45, 2.75) is 17.6 Å². The van der Waals surface area contributed by atoms with Gasteiger partial charge in [0.15, 0.2) is 0 Å². The van der Waals surface area contributed by atoms with Gasteiger partial charge in [-0.05, 0) is 0 Å². The second-order valence-corrected chi connectivity index (χ2v) is 5.09. The molecule has 2 N–H and O–H groups in total. The molecule has 1 aliphatic heterocycles. The lowest BCUT2D eigenvalue weighted by Crippen LogP contribution is -2.58. The summed E-state index contributed by atoms with van der Waals surface area (Å²) in [5.74, 6) is -0.427. The lowest BCUT2D eigenvalue weighted by atomic mass is 9.98. The number of nitrogens with one attached hydrogen (secondary N) is 1. The van der Waals surface area contributed by atoms with Gasteiger partial charge in [-0.3, -0.25) is 9.59 Å². The van der Waals surface area contributed by atoms with Gasteiger partial charge in [-0.1, -0.05) is 0 Å². The summed E-state index contributed by atoms with van der Waals surface area (Å²) in [6, 6.07) is 0. The molecule has 0 saturated carbocycles. The number of methoxy groups -OCH3 is 1. The third-order valence-corrected chi connectivity index (χ3v) is 3.76. The zero-order valence-corrected chi connectivity index (χ0v) is 9.43. The van der Waals surface area contributed by atoms with Crippen LogP contribution in [0.4, 0.5) is 0 Å². The molecule has 0 atom stereocenters. The number of aliphatic carboxylic acids is 1. The van der Waals surface area contributed by atoms with Crippen LogP contribution in [0.2, 0.25) is 0 Å². The van der Waals surface area contributed by atoms with E-state index in [0.717, 1.165) is 0 Å². The lowest BCUT2D eigenvalue weighted by Gasteiger charge is -2.40. The molecule has 0 aliphatic carbocycles. The number of esters is 1. The molecule has 0 aromatic rings. The summed E-state index contributed by atoms with van der Waals surface area (Å²) in [5.41, 5.74) is 0. The van der Waals surface area contributed by atoms with E-state index in [2.05, 4.69) is 10.1 Å². The van der Waals surface area contributed by atoms with Crippen LogP contribution >= 0.6 is 11.8 Å². The summed E-state index contributed by atoms with van der Waals surface area (Å²) in [7, 11) is 1.35. The predicted molar refractivity (Wildman–Crippen MR) is 56.9 cm³/mol. The number of rotatable bonds is 6. The number of thioether (sulfide) groups is 1. The van der Waals surface area contributed by atoms with Crippen molar-refractivity contribution in [1.29, 1.82) is 0 Å². The van der Waals surface area contributed by atoms with Gasteiger partial charge in [-0.25, -0.2) is 0 Å². The molecule has 6 heteroatoms. The third kappa shape index (κ3) is 3.71. The van der Waals surface area contributed by atoms with Crippen LogP contribution in [0.3, 0.4) is 0 Å². The molecular formula is C9H15NO4S. The topological polar surface area (TPSA) is 75.6 Å². The molecule has 1 aliphatic rings. The number of ether oxygens (including phenoxy) is 1. The second-order valence-electron chi connectivity index (χ2n) is 3.53. The SMILES string of the molecule is COC(=O)CCSC1(CC(=O)O)CNC1. The average molecular weight is 233 g/mol. The summed E-state index contributed by atoms with van der Waals surface area (Å²) in [4.78, 5) is 21.5. The fraction of sp³-hybridized carbons (Fsp3) is 0.778. The molecule has 1 saturated heterocycles. The van der Waals surface area contributed by atoms with Crippen LogP contribution in [0.1, 0.15) is 12.8 Å². The van der Waals surface area contributed by atoms with Gasteiger partial charge in [0.1, 0.15) is 0 Å². The fourth-order valence-corrected chi connectivity index (χ4v) is 2.75. The zero-order chi connectivity index (χ0) is 11.3. The molecule has 0 amide bonds. The molecule has 15 heavy (non-hydrogen) atoms. The highest BCUT2D eigenvalue weighted by Crippen LogP contribution is 2.33. The minimum absolute atomic E-state index is 0.145. The van der Waals surface area contributed by atoms with Gasteiger partial charge in [0.25, 0.3) is 0 Å². The van der Waals surface area contributed by atoms with Crippen LogP contribution in [0, 0.1) is 0 Å². The van der Waals surface area contributed by atoms with E-state index >= 15 is 0 Å². The Bertz CT molecular complexity index is 252. The first-order valence-corrected chi connectivity index (χ1v) is 5.70. The maximum absolute atomic E-state index is 10.9. The zero-order valence-electron chi connectivity index (χ0n) is 8.62. The first kappa shape index (κ1) is 12.3. The Morgan fingerprint density at radius 2 is 2.20 bits per heavy atom. The van der Waals surface area contributed by atoms with E-state index in [1.54, 1.807) is 0 Å². The number of hydrogen-bond donors (Lipinski definition) is 2. The molecule has 1 heterocycles. The van der Waals surface area contributed by atoms with Crippen LogP contribution in [-0.2, 0) is 14.3 Å². The molecule has 0 radical (unpaired) electrons. The largest absolute Gasteiger partial charge is 0.481 e. The van der Waals surface area contributed by atoms with Gasteiger partial charge in [-0.15, -0.1) is 0 Å². The molecule has 86 valence electrons. The van der Waals surface area contributed by atoms with Crippen LogP contribution < -0.4 is 5.32 Å². The maximum atomic E-state index is 10.9. The van der Waals surface area contributed by atoms with Crippen LogP contribution in [0.25, 0.3) is 0 Å². The minimum Gasteiger partial charge on any atom is -0.481 e. The summed E-state index contributed by atoms with van der Waals surface area (Å²) >= 11 is 1.54. The quantitative estimate of drug-likeness (QED) is 0.634. The van der Waals surface area contributed by atoms with Gasteiger partial charge in [0.2, 0.25) is 0 Å². The van der Waals surface area contributed by atoms with E-state index in [1.807, 2.05) is 0 Å². The third-order valence-electron chi connectivity index (χ3n) is 2.31. The van der Waals surface area contributed by atoms with Gasteiger partial charge in [0.05, 0.1) is 24.7 Å². The Hall–Kier alpha value is -0.750. The molecule has 0 aromatic heterocycles. The molecular weight excluding hydrogens is 218 g/mol.